The molecule has 1 fully saturated rings. The van der Waals surface area contributed by atoms with Gasteiger partial charge in [-0.05, 0) is 36.6 Å². The van der Waals surface area contributed by atoms with Crippen molar-refractivity contribution in [2.24, 2.45) is 0 Å². The van der Waals surface area contributed by atoms with Crippen molar-refractivity contribution in [1.82, 2.24) is 19.6 Å². The Labute approximate surface area is 212 Å². The zero-order chi connectivity index (χ0) is 25.1. The van der Waals surface area contributed by atoms with Crippen LogP contribution in [0.3, 0.4) is 0 Å². The molecule has 0 spiro atoms. The van der Waals surface area contributed by atoms with E-state index in [9.17, 15) is 13.2 Å². The van der Waals surface area contributed by atoms with E-state index >= 15 is 0 Å². The van der Waals surface area contributed by atoms with Gasteiger partial charge in [0.15, 0.2) is 11.6 Å². The quantitative estimate of drug-likeness (QED) is 0.314. The van der Waals surface area contributed by atoms with Crippen molar-refractivity contribution >= 4 is 47.3 Å². The molecule has 1 aromatic carbocycles. The number of fused-ring (bicyclic) bond motifs is 2. The summed E-state index contributed by atoms with van der Waals surface area (Å²) >= 11 is 1.61. The molecule has 0 radical (unpaired) electrons. The van der Waals surface area contributed by atoms with Crippen molar-refractivity contribution in [2.45, 2.75) is 61.0 Å². The van der Waals surface area contributed by atoms with Gasteiger partial charge in [-0.25, -0.2) is 23.1 Å². The van der Waals surface area contributed by atoms with Crippen LogP contribution in [0.5, 0.6) is 0 Å². The molecule has 4 rings (SSSR count). The predicted octanol–water partition coefficient (Wildman–Crippen LogP) is 3.45. The number of nitrogens with one attached hydrogen (secondary N) is 2. The number of carbonyl (C=O) groups excluding carboxylic acids is 1. The van der Waals surface area contributed by atoms with E-state index in [2.05, 4.69) is 62.7 Å². The summed E-state index contributed by atoms with van der Waals surface area (Å²) in [5.41, 5.74) is 2.21. The third kappa shape index (κ3) is 7.74. The number of aromatic nitrogens is 2. The second-order valence-corrected chi connectivity index (χ2v) is 18.6. The highest BCUT2D eigenvalue weighted by Gasteiger charge is 2.26. The van der Waals surface area contributed by atoms with Gasteiger partial charge in [0, 0.05) is 51.0 Å². The molecule has 0 bridgehead atoms. The fourth-order valence-electron chi connectivity index (χ4n) is 4.01. The van der Waals surface area contributed by atoms with E-state index in [1.165, 1.54) is 5.56 Å². The van der Waals surface area contributed by atoms with Crippen molar-refractivity contribution < 1.29 is 17.9 Å². The Hall–Kier alpha value is -1.99. The van der Waals surface area contributed by atoms with E-state index in [-0.39, 0.29) is 6.04 Å². The molecule has 0 aliphatic carbocycles. The topological polar surface area (TPSA) is 114 Å². The monoisotopic (exact) mass is 535 g/mol. The summed E-state index contributed by atoms with van der Waals surface area (Å²) in [4.78, 5) is 24.1. The van der Waals surface area contributed by atoms with Gasteiger partial charge in [-0.1, -0.05) is 37.5 Å². The Bertz CT molecular complexity index is 1160. The number of esters is 1. The van der Waals surface area contributed by atoms with Gasteiger partial charge in [-0.3, -0.25) is 9.69 Å². The van der Waals surface area contributed by atoms with E-state index in [0.29, 0.717) is 19.4 Å². The van der Waals surface area contributed by atoms with Crippen molar-refractivity contribution in [3.63, 3.8) is 0 Å². The molecule has 0 saturated carbocycles. The van der Waals surface area contributed by atoms with Gasteiger partial charge in [0.2, 0.25) is 10.0 Å². The number of piperidine rings is 1. The lowest BCUT2D eigenvalue weighted by Gasteiger charge is -2.32. The van der Waals surface area contributed by atoms with Gasteiger partial charge in [0.1, 0.15) is 5.03 Å². The van der Waals surface area contributed by atoms with Crippen LogP contribution < -0.4 is 10.0 Å². The smallest absolute Gasteiger partial charge is 0.322 e. The zero-order valence-corrected chi connectivity index (χ0v) is 23.0. The minimum absolute atomic E-state index is 0.164. The van der Waals surface area contributed by atoms with Crippen LogP contribution in [0, 0.1) is 0 Å². The van der Waals surface area contributed by atoms with Crippen LogP contribution in [0.2, 0.25) is 25.7 Å². The third-order valence-electron chi connectivity index (χ3n) is 5.93. The summed E-state index contributed by atoms with van der Waals surface area (Å²) in [6.07, 6.45) is 4.77. The largest absolute Gasteiger partial charge is 0.465 e. The molecule has 9 nitrogen and oxygen atoms in total. The standard InChI is InChI=1S/C23H33N5O4S2Si/c1-35(2,3)13-12-32-21(29)16-34(30,31)27-18-6-10-28(11-7-18)15-17-4-5-20-19(14-17)26-22-23(33-20)25-9-8-24-22/h4-5,8-9,14,18,27H,6-7,10-13,15-16H2,1-3H3,(H,24,26). The Balaban J connectivity index is 1.22. The fourth-order valence-corrected chi connectivity index (χ4v) is 6.82. The van der Waals surface area contributed by atoms with Gasteiger partial charge in [0.25, 0.3) is 0 Å². The van der Waals surface area contributed by atoms with Crippen LogP contribution in [0.25, 0.3) is 0 Å². The number of nitrogens with zero attached hydrogens (tertiary/aromatic N) is 3. The van der Waals surface area contributed by atoms with Crippen molar-refractivity contribution in [1.29, 1.82) is 0 Å². The van der Waals surface area contributed by atoms with Crippen LogP contribution in [0.15, 0.2) is 40.5 Å². The summed E-state index contributed by atoms with van der Waals surface area (Å²) < 4.78 is 32.7. The molecule has 0 amide bonds. The first-order valence-corrected chi connectivity index (χ1v) is 18.0. The average molecular weight is 536 g/mol. The normalized spacial score (nSPS) is 16.8. The van der Waals surface area contributed by atoms with Crippen LogP contribution >= 0.6 is 11.8 Å². The number of ether oxygens (including phenoxy) is 1. The predicted molar refractivity (Wildman–Crippen MR) is 140 cm³/mol. The molecule has 1 saturated heterocycles. The molecule has 0 atom stereocenters. The Morgan fingerprint density at radius 1 is 1.23 bits per heavy atom. The van der Waals surface area contributed by atoms with Gasteiger partial charge in [-0.2, -0.15) is 0 Å². The Morgan fingerprint density at radius 3 is 2.71 bits per heavy atom. The molecule has 12 heteroatoms. The Morgan fingerprint density at radius 2 is 1.97 bits per heavy atom. The van der Waals surface area contributed by atoms with E-state index in [1.54, 1.807) is 24.2 Å². The molecular formula is C23H33N5O4S2Si. The van der Waals surface area contributed by atoms with Gasteiger partial charge in [0.05, 0.1) is 12.3 Å². The van der Waals surface area contributed by atoms with Gasteiger partial charge < -0.3 is 10.1 Å². The summed E-state index contributed by atoms with van der Waals surface area (Å²) in [6.45, 7) is 9.18. The molecule has 0 unspecified atom stereocenters. The van der Waals surface area contributed by atoms with Crippen LogP contribution in [-0.2, 0) is 26.1 Å². The molecule has 35 heavy (non-hydrogen) atoms. The van der Waals surface area contributed by atoms with E-state index in [1.807, 2.05) is 0 Å². The number of sulfonamides is 1. The van der Waals surface area contributed by atoms with E-state index < -0.39 is 29.8 Å². The third-order valence-corrected chi connectivity index (χ3v) is 10.0. The second kappa shape index (κ2) is 11.0. The molecule has 2 N–H and O–H groups in total. The minimum Gasteiger partial charge on any atom is -0.465 e. The first-order valence-electron chi connectivity index (χ1n) is 11.8. The highest BCUT2D eigenvalue weighted by Crippen LogP contribution is 2.42. The molecular weight excluding hydrogens is 503 g/mol. The number of carbonyl (C=O) groups is 1. The maximum absolute atomic E-state index is 12.4. The summed E-state index contributed by atoms with van der Waals surface area (Å²) in [7, 11) is -5.04. The van der Waals surface area contributed by atoms with Crippen LogP contribution in [-0.4, -0.2) is 68.8 Å². The highest BCUT2D eigenvalue weighted by atomic mass is 32.2. The number of likely N-dealkylation sites (tertiary alicyclic amines) is 1. The Kier molecular flexibility index (Phi) is 8.16. The second-order valence-electron chi connectivity index (χ2n) is 10.2. The van der Waals surface area contributed by atoms with Crippen LogP contribution in [0.4, 0.5) is 11.5 Å². The molecule has 2 aromatic rings. The van der Waals surface area contributed by atoms with Crippen molar-refractivity contribution in [3.05, 3.63) is 36.2 Å². The molecule has 2 aliphatic rings. The maximum Gasteiger partial charge on any atom is 0.322 e. The number of hydrogen-bond donors (Lipinski definition) is 2. The number of rotatable bonds is 9. The molecule has 1 aromatic heterocycles. The van der Waals surface area contributed by atoms with Gasteiger partial charge in [-0.15, -0.1) is 0 Å². The van der Waals surface area contributed by atoms with Crippen molar-refractivity contribution in [3.8, 4) is 0 Å². The zero-order valence-electron chi connectivity index (χ0n) is 20.4. The number of benzene rings is 1. The van der Waals surface area contributed by atoms with E-state index in [4.69, 9.17) is 4.74 Å². The van der Waals surface area contributed by atoms with Gasteiger partial charge >= 0.3 is 5.97 Å². The molecule has 2 aliphatic heterocycles. The minimum atomic E-state index is -3.71. The number of hydrogen-bond acceptors (Lipinski definition) is 9. The first-order chi connectivity index (χ1) is 16.6. The maximum atomic E-state index is 12.4. The SMILES string of the molecule is C[Si](C)(C)CCOC(=O)CS(=O)(=O)NC1CCN(Cc2ccc3c(c2)Nc2nccnc2S3)CC1. The van der Waals surface area contributed by atoms with E-state index in [0.717, 1.165) is 47.1 Å². The highest BCUT2D eigenvalue weighted by molar-refractivity contribution is 7.99. The molecule has 190 valence electrons. The lowest BCUT2D eigenvalue weighted by Crippen LogP contribution is -2.45. The van der Waals surface area contributed by atoms with Crippen molar-refractivity contribution in [2.75, 3.05) is 30.8 Å². The summed E-state index contributed by atoms with van der Waals surface area (Å²) in [5.74, 6) is -0.525. The fraction of sp³-hybridized carbons (Fsp3) is 0.522. The first kappa shape index (κ1) is 26.1. The lowest BCUT2D eigenvalue weighted by atomic mass is 10.1. The summed E-state index contributed by atoms with van der Waals surface area (Å²) in [5, 5.41) is 4.23. The average Bonchev–Trinajstić information content (AvgIpc) is 2.77. The van der Waals surface area contributed by atoms with Crippen LogP contribution in [0.1, 0.15) is 18.4 Å². The number of anilines is 2. The molecule has 3 heterocycles. The summed E-state index contributed by atoms with van der Waals surface area (Å²) in [6, 6.07) is 7.03. The lowest BCUT2D eigenvalue weighted by molar-refractivity contribution is -0.140.